The number of nitro benzene ring substituents is 1. The Bertz CT molecular complexity index is 600. The van der Waals surface area contributed by atoms with E-state index in [0.717, 1.165) is 18.2 Å². The molecular formula is C10H6FN3O3S. The van der Waals surface area contributed by atoms with Crippen LogP contribution in [0.2, 0.25) is 0 Å². The molecule has 0 bridgehead atoms. The number of halogens is 1. The number of benzene rings is 1. The number of hydrogen-bond donors (Lipinski definition) is 1. The molecule has 0 spiro atoms. The van der Waals surface area contributed by atoms with E-state index in [2.05, 4.69) is 10.3 Å². The van der Waals surface area contributed by atoms with Crippen molar-refractivity contribution in [3.05, 3.63) is 50.7 Å². The van der Waals surface area contributed by atoms with Crippen molar-refractivity contribution in [3.63, 3.8) is 0 Å². The highest BCUT2D eigenvalue weighted by Crippen LogP contribution is 2.21. The fraction of sp³-hybridized carbons (Fsp3) is 0. The maximum absolute atomic E-state index is 13.5. The smallest absolute Gasteiger partial charge is 0.275 e. The van der Waals surface area contributed by atoms with E-state index < -0.39 is 16.6 Å². The standard InChI is InChI=1S/C10H6FN3O3S/c11-7-3-6(14(16)17)1-2-8(7)13-10(15)9-4-18-5-12-9/h1-5H,(H,13,15). The van der Waals surface area contributed by atoms with Crippen LogP contribution in [0.15, 0.2) is 29.1 Å². The summed E-state index contributed by atoms with van der Waals surface area (Å²) in [6, 6.07) is 2.99. The van der Waals surface area contributed by atoms with Crippen LogP contribution in [0, 0.1) is 15.9 Å². The molecule has 1 aromatic heterocycles. The zero-order valence-electron chi connectivity index (χ0n) is 8.79. The number of carbonyl (C=O) groups is 1. The molecule has 92 valence electrons. The van der Waals surface area contributed by atoms with Gasteiger partial charge in [-0.3, -0.25) is 14.9 Å². The first-order chi connectivity index (χ1) is 8.58. The molecule has 0 saturated heterocycles. The van der Waals surface area contributed by atoms with Gasteiger partial charge in [-0.1, -0.05) is 0 Å². The number of rotatable bonds is 3. The Hall–Kier alpha value is -2.35. The van der Waals surface area contributed by atoms with Crippen molar-refractivity contribution in [2.45, 2.75) is 0 Å². The Balaban J connectivity index is 2.20. The third-order valence-corrected chi connectivity index (χ3v) is 2.66. The minimum atomic E-state index is -0.868. The molecular weight excluding hydrogens is 261 g/mol. The zero-order valence-corrected chi connectivity index (χ0v) is 9.61. The highest BCUT2D eigenvalue weighted by atomic mass is 32.1. The highest BCUT2D eigenvalue weighted by molar-refractivity contribution is 7.07. The molecule has 2 rings (SSSR count). The van der Waals surface area contributed by atoms with Gasteiger partial charge < -0.3 is 5.32 Å². The van der Waals surface area contributed by atoms with Gasteiger partial charge in [-0.15, -0.1) is 11.3 Å². The second-order valence-corrected chi connectivity index (χ2v) is 3.97. The zero-order chi connectivity index (χ0) is 13.1. The van der Waals surface area contributed by atoms with Crippen molar-refractivity contribution in [3.8, 4) is 0 Å². The molecule has 2 aromatic rings. The average molecular weight is 267 g/mol. The van der Waals surface area contributed by atoms with E-state index in [1.807, 2.05) is 0 Å². The Morgan fingerprint density at radius 2 is 2.28 bits per heavy atom. The monoisotopic (exact) mass is 267 g/mol. The number of aromatic nitrogens is 1. The number of hydrogen-bond acceptors (Lipinski definition) is 5. The lowest BCUT2D eigenvalue weighted by Gasteiger charge is -2.04. The lowest BCUT2D eigenvalue weighted by Crippen LogP contribution is -2.13. The quantitative estimate of drug-likeness (QED) is 0.683. The van der Waals surface area contributed by atoms with Crippen LogP contribution in [0.5, 0.6) is 0 Å². The van der Waals surface area contributed by atoms with Crippen LogP contribution in [-0.4, -0.2) is 15.8 Å². The van der Waals surface area contributed by atoms with Gasteiger partial charge in [0.25, 0.3) is 11.6 Å². The van der Waals surface area contributed by atoms with Crippen LogP contribution in [0.25, 0.3) is 0 Å². The summed E-state index contributed by atoms with van der Waals surface area (Å²) in [4.78, 5) is 25.0. The SMILES string of the molecule is O=C(Nc1ccc([N+](=O)[O-])cc1F)c1cscn1. The predicted molar refractivity (Wildman–Crippen MR) is 63.1 cm³/mol. The fourth-order valence-corrected chi connectivity index (χ4v) is 1.76. The molecule has 0 radical (unpaired) electrons. The van der Waals surface area contributed by atoms with Crippen LogP contribution in [-0.2, 0) is 0 Å². The van der Waals surface area contributed by atoms with Crippen molar-refractivity contribution in [2.24, 2.45) is 0 Å². The maximum atomic E-state index is 13.5. The molecule has 0 saturated carbocycles. The van der Waals surface area contributed by atoms with E-state index >= 15 is 0 Å². The van der Waals surface area contributed by atoms with E-state index in [1.54, 1.807) is 0 Å². The molecule has 8 heteroatoms. The van der Waals surface area contributed by atoms with Gasteiger partial charge in [0.15, 0.2) is 5.82 Å². The van der Waals surface area contributed by atoms with Crippen molar-refractivity contribution in [2.75, 3.05) is 5.32 Å². The Morgan fingerprint density at radius 3 is 2.83 bits per heavy atom. The van der Waals surface area contributed by atoms with E-state index in [4.69, 9.17) is 0 Å². The Kier molecular flexibility index (Phi) is 3.28. The molecule has 0 unspecified atom stereocenters. The van der Waals surface area contributed by atoms with Gasteiger partial charge in [0.2, 0.25) is 0 Å². The molecule has 6 nitrogen and oxygen atoms in total. The number of thiazole rings is 1. The van der Waals surface area contributed by atoms with Crippen LogP contribution in [0.4, 0.5) is 15.8 Å². The molecule has 1 aromatic carbocycles. The minimum Gasteiger partial charge on any atom is -0.318 e. The van der Waals surface area contributed by atoms with Gasteiger partial charge in [-0.25, -0.2) is 9.37 Å². The molecule has 1 N–H and O–H groups in total. The van der Waals surface area contributed by atoms with Crippen LogP contribution < -0.4 is 5.32 Å². The molecule has 1 heterocycles. The number of amides is 1. The number of nitro groups is 1. The Morgan fingerprint density at radius 1 is 1.50 bits per heavy atom. The minimum absolute atomic E-state index is 0.126. The van der Waals surface area contributed by atoms with Crippen LogP contribution in [0.3, 0.4) is 0 Å². The van der Waals surface area contributed by atoms with Crippen LogP contribution >= 0.6 is 11.3 Å². The summed E-state index contributed by atoms with van der Waals surface area (Å²) in [7, 11) is 0. The van der Waals surface area contributed by atoms with Gasteiger partial charge in [0.05, 0.1) is 22.2 Å². The maximum Gasteiger partial charge on any atom is 0.275 e. The first-order valence-corrected chi connectivity index (χ1v) is 5.65. The van der Waals surface area contributed by atoms with Crippen LogP contribution in [0.1, 0.15) is 10.5 Å². The van der Waals surface area contributed by atoms with Gasteiger partial charge in [0.1, 0.15) is 5.69 Å². The summed E-state index contributed by atoms with van der Waals surface area (Å²) in [5.74, 6) is -1.43. The largest absolute Gasteiger partial charge is 0.318 e. The highest BCUT2D eigenvalue weighted by Gasteiger charge is 2.14. The number of non-ortho nitro benzene ring substituents is 1. The van der Waals surface area contributed by atoms with E-state index in [0.29, 0.717) is 0 Å². The molecule has 18 heavy (non-hydrogen) atoms. The molecule has 0 aliphatic heterocycles. The third kappa shape index (κ3) is 2.48. The topological polar surface area (TPSA) is 85.1 Å². The third-order valence-electron chi connectivity index (χ3n) is 2.08. The molecule has 0 aliphatic carbocycles. The first-order valence-electron chi connectivity index (χ1n) is 4.71. The predicted octanol–water partition coefficient (Wildman–Crippen LogP) is 2.44. The van der Waals surface area contributed by atoms with Gasteiger partial charge in [-0.05, 0) is 6.07 Å². The summed E-state index contributed by atoms with van der Waals surface area (Å²) < 4.78 is 13.5. The van der Waals surface area contributed by atoms with Gasteiger partial charge >= 0.3 is 0 Å². The Labute approximate surface area is 104 Å². The number of nitrogens with one attached hydrogen (secondary N) is 1. The van der Waals surface area contributed by atoms with Gasteiger partial charge in [0, 0.05) is 11.4 Å². The summed E-state index contributed by atoms with van der Waals surface area (Å²) >= 11 is 1.23. The van der Waals surface area contributed by atoms with E-state index in [-0.39, 0.29) is 17.1 Å². The first kappa shape index (κ1) is 12.1. The lowest BCUT2D eigenvalue weighted by atomic mass is 10.2. The van der Waals surface area contributed by atoms with E-state index in [1.165, 1.54) is 22.2 Å². The second kappa shape index (κ2) is 4.88. The van der Waals surface area contributed by atoms with Crippen molar-refractivity contribution < 1.29 is 14.1 Å². The average Bonchev–Trinajstić information content (AvgIpc) is 2.85. The van der Waals surface area contributed by atoms with Gasteiger partial charge in [-0.2, -0.15) is 0 Å². The molecule has 1 amide bonds. The van der Waals surface area contributed by atoms with Crippen molar-refractivity contribution in [1.82, 2.24) is 4.98 Å². The fourth-order valence-electron chi connectivity index (χ4n) is 1.23. The summed E-state index contributed by atoms with van der Waals surface area (Å²) in [6.07, 6.45) is 0. The van der Waals surface area contributed by atoms with E-state index in [9.17, 15) is 19.3 Å². The summed E-state index contributed by atoms with van der Waals surface area (Å²) in [5, 5.41) is 14.2. The lowest BCUT2D eigenvalue weighted by molar-refractivity contribution is -0.385. The molecule has 0 fully saturated rings. The number of nitrogens with zero attached hydrogens (tertiary/aromatic N) is 2. The number of carbonyl (C=O) groups excluding carboxylic acids is 1. The summed E-state index contributed by atoms with van der Waals surface area (Å²) in [6.45, 7) is 0. The second-order valence-electron chi connectivity index (χ2n) is 3.25. The van der Waals surface area contributed by atoms with Crippen molar-refractivity contribution >= 4 is 28.6 Å². The number of anilines is 1. The normalized spacial score (nSPS) is 10.1. The summed E-state index contributed by atoms with van der Waals surface area (Å²) in [5.41, 5.74) is 1.14. The molecule has 0 atom stereocenters. The van der Waals surface area contributed by atoms with Crippen molar-refractivity contribution in [1.29, 1.82) is 0 Å². The molecule has 0 aliphatic rings.